The van der Waals surface area contributed by atoms with Gasteiger partial charge in [-0.2, -0.15) is 4.31 Å². The maximum absolute atomic E-state index is 13.1. The standard InChI is InChI=1S/C22H29N7O3S/c23-16-6-4-15(5-7-16)19-20(22-25-8-9-29(22)27-21(19)24)26-17-2-1-3-18(14-17)33(30,31)28-10-12-32-13-11-28/h1-3,8-9,14-16,26H,4-7,10-13,23H2,(H2,24,27). The van der Waals surface area contributed by atoms with E-state index in [1.54, 1.807) is 35.1 Å². The number of hydrogen-bond donors (Lipinski definition) is 3. The van der Waals surface area contributed by atoms with Gasteiger partial charge in [-0.25, -0.2) is 17.9 Å². The van der Waals surface area contributed by atoms with Gasteiger partial charge in [-0.15, -0.1) is 5.10 Å². The molecule has 2 aromatic heterocycles. The number of rotatable bonds is 5. The van der Waals surface area contributed by atoms with E-state index in [0.717, 1.165) is 36.9 Å². The van der Waals surface area contributed by atoms with Crippen molar-refractivity contribution < 1.29 is 13.2 Å². The van der Waals surface area contributed by atoms with Crippen molar-refractivity contribution in [2.24, 2.45) is 5.73 Å². The lowest BCUT2D eigenvalue weighted by Crippen LogP contribution is -2.40. The maximum atomic E-state index is 13.1. The molecule has 10 nitrogen and oxygen atoms in total. The molecule has 0 bridgehead atoms. The average molecular weight is 472 g/mol. The summed E-state index contributed by atoms with van der Waals surface area (Å²) in [5, 5.41) is 7.92. The topological polar surface area (TPSA) is 141 Å². The molecule has 0 amide bonds. The van der Waals surface area contributed by atoms with E-state index in [2.05, 4.69) is 15.4 Å². The fourth-order valence-electron chi connectivity index (χ4n) is 4.73. The van der Waals surface area contributed by atoms with Crippen LogP contribution in [-0.2, 0) is 14.8 Å². The second kappa shape index (κ2) is 8.90. The number of aromatic nitrogens is 3. The maximum Gasteiger partial charge on any atom is 0.243 e. The molecule has 33 heavy (non-hydrogen) atoms. The summed E-state index contributed by atoms with van der Waals surface area (Å²) in [5.41, 5.74) is 15.5. The Balaban J connectivity index is 1.52. The minimum Gasteiger partial charge on any atom is -0.382 e. The van der Waals surface area contributed by atoms with Crippen LogP contribution in [0.4, 0.5) is 17.2 Å². The number of hydrogen-bond acceptors (Lipinski definition) is 8. The predicted octanol–water partition coefficient (Wildman–Crippen LogP) is 2.06. The van der Waals surface area contributed by atoms with Crippen molar-refractivity contribution in [1.29, 1.82) is 0 Å². The van der Waals surface area contributed by atoms with Crippen LogP contribution in [0, 0.1) is 0 Å². The lowest BCUT2D eigenvalue weighted by Gasteiger charge is -2.29. The Morgan fingerprint density at radius 1 is 1.12 bits per heavy atom. The number of ether oxygens (including phenoxy) is 1. The average Bonchev–Trinajstić information content (AvgIpc) is 3.29. The van der Waals surface area contributed by atoms with Crippen molar-refractivity contribution in [2.75, 3.05) is 37.4 Å². The number of nitrogens with one attached hydrogen (secondary N) is 1. The van der Waals surface area contributed by atoms with Gasteiger partial charge in [0.1, 0.15) is 5.82 Å². The Morgan fingerprint density at radius 2 is 1.88 bits per heavy atom. The zero-order chi connectivity index (χ0) is 23.0. The molecule has 0 unspecified atom stereocenters. The molecule has 1 aliphatic heterocycles. The zero-order valence-corrected chi connectivity index (χ0v) is 19.2. The quantitative estimate of drug-likeness (QED) is 0.513. The van der Waals surface area contributed by atoms with Gasteiger partial charge >= 0.3 is 0 Å². The summed E-state index contributed by atoms with van der Waals surface area (Å²) in [6.07, 6.45) is 7.12. The van der Waals surface area contributed by atoms with Crippen LogP contribution >= 0.6 is 0 Å². The van der Waals surface area contributed by atoms with Gasteiger partial charge in [0.05, 0.1) is 23.8 Å². The first-order valence-electron chi connectivity index (χ1n) is 11.3. The molecule has 0 spiro atoms. The van der Waals surface area contributed by atoms with Crippen LogP contribution in [-0.4, -0.2) is 59.7 Å². The number of sulfonamides is 1. The number of nitrogens with two attached hydrogens (primary N) is 2. The summed E-state index contributed by atoms with van der Waals surface area (Å²) in [6, 6.07) is 7.06. The number of morpholine rings is 1. The summed E-state index contributed by atoms with van der Waals surface area (Å²) in [6.45, 7) is 1.51. The van der Waals surface area contributed by atoms with E-state index in [9.17, 15) is 8.42 Å². The summed E-state index contributed by atoms with van der Waals surface area (Å²) >= 11 is 0. The van der Waals surface area contributed by atoms with E-state index in [-0.39, 0.29) is 16.9 Å². The summed E-state index contributed by atoms with van der Waals surface area (Å²) in [5.74, 6) is 0.655. The highest BCUT2D eigenvalue weighted by Gasteiger charge is 2.29. The molecule has 2 fully saturated rings. The molecule has 1 aliphatic carbocycles. The van der Waals surface area contributed by atoms with Crippen LogP contribution in [0.25, 0.3) is 5.65 Å². The normalized spacial score (nSPS) is 22.5. The number of anilines is 3. The monoisotopic (exact) mass is 471 g/mol. The summed E-state index contributed by atoms with van der Waals surface area (Å²) in [7, 11) is -3.61. The highest BCUT2D eigenvalue weighted by Crippen LogP contribution is 2.41. The van der Waals surface area contributed by atoms with Crippen LogP contribution in [0.2, 0.25) is 0 Å². The van der Waals surface area contributed by atoms with Gasteiger partial charge < -0.3 is 21.5 Å². The minimum absolute atomic E-state index is 0.210. The van der Waals surface area contributed by atoms with E-state index >= 15 is 0 Å². The zero-order valence-electron chi connectivity index (χ0n) is 18.4. The number of nitrogen functional groups attached to an aromatic ring is 1. The van der Waals surface area contributed by atoms with Gasteiger partial charge in [0.15, 0.2) is 5.65 Å². The van der Waals surface area contributed by atoms with Crippen LogP contribution in [0.3, 0.4) is 0 Å². The van der Waals surface area contributed by atoms with Gasteiger partial charge in [0.2, 0.25) is 10.0 Å². The third kappa shape index (κ3) is 4.29. The molecule has 5 N–H and O–H groups in total. The largest absolute Gasteiger partial charge is 0.382 e. The van der Waals surface area contributed by atoms with Crippen LogP contribution in [0.5, 0.6) is 0 Å². The molecular weight excluding hydrogens is 442 g/mol. The highest BCUT2D eigenvalue weighted by atomic mass is 32.2. The van der Waals surface area contributed by atoms with Crippen molar-refractivity contribution in [2.45, 2.75) is 42.5 Å². The van der Waals surface area contributed by atoms with E-state index < -0.39 is 10.0 Å². The molecule has 1 aromatic carbocycles. The number of fused-ring (bicyclic) bond motifs is 1. The minimum atomic E-state index is -3.61. The van der Waals surface area contributed by atoms with Crippen LogP contribution in [0.15, 0.2) is 41.6 Å². The van der Waals surface area contributed by atoms with Gasteiger partial charge in [0, 0.05) is 42.8 Å². The number of nitrogens with zero attached hydrogens (tertiary/aromatic N) is 4. The lowest BCUT2D eigenvalue weighted by molar-refractivity contribution is 0.0730. The first-order valence-corrected chi connectivity index (χ1v) is 12.7. The molecule has 11 heteroatoms. The highest BCUT2D eigenvalue weighted by molar-refractivity contribution is 7.89. The third-order valence-electron chi connectivity index (χ3n) is 6.50. The molecule has 3 heterocycles. The molecular formula is C22H29N7O3S. The Labute approximate surface area is 193 Å². The number of imidazole rings is 1. The summed E-state index contributed by atoms with van der Waals surface area (Å²) in [4.78, 5) is 4.73. The van der Waals surface area contributed by atoms with Gasteiger partial charge in [-0.1, -0.05) is 6.07 Å². The molecule has 3 aromatic rings. The fourth-order valence-corrected chi connectivity index (χ4v) is 6.19. The predicted molar refractivity (Wildman–Crippen MR) is 126 cm³/mol. The molecule has 1 saturated carbocycles. The van der Waals surface area contributed by atoms with Gasteiger partial charge in [-0.05, 0) is 49.8 Å². The van der Waals surface area contributed by atoms with Crippen molar-refractivity contribution >= 4 is 32.9 Å². The molecule has 2 aliphatic rings. The SMILES string of the molecule is Nc1nn2ccnc2c(Nc2cccc(S(=O)(=O)N3CCOCC3)c2)c1C1CCC(N)CC1. The lowest BCUT2D eigenvalue weighted by atomic mass is 9.81. The van der Waals surface area contributed by atoms with E-state index in [0.29, 0.717) is 43.5 Å². The molecule has 0 radical (unpaired) electrons. The van der Waals surface area contributed by atoms with Crippen LogP contribution in [0.1, 0.15) is 37.2 Å². The summed E-state index contributed by atoms with van der Waals surface area (Å²) < 4.78 is 34.7. The van der Waals surface area contributed by atoms with E-state index in [1.807, 2.05) is 6.07 Å². The first kappa shape index (κ1) is 22.1. The Hall–Kier alpha value is -2.73. The molecule has 176 valence electrons. The van der Waals surface area contributed by atoms with E-state index in [1.165, 1.54) is 4.31 Å². The molecule has 0 atom stereocenters. The smallest absolute Gasteiger partial charge is 0.243 e. The molecule has 1 saturated heterocycles. The van der Waals surface area contributed by atoms with Crippen LogP contribution < -0.4 is 16.8 Å². The third-order valence-corrected chi connectivity index (χ3v) is 8.39. The second-order valence-corrected chi connectivity index (χ2v) is 10.6. The van der Waals surface area contributed by atoms with Crippen molar-refractivity contribution in [3.05, 3.63) is 42.2 Å². The van der Waals surface area contributed by atoms with Crippen molar-refractivity contribution in [3.63, 3.8) is 0 Å². The number of benzene rings is 1. The van der Waals surface area contributed by atoms with E-state index in [4.69, 9.17) is 16.2 Å². The first-order chi connectivity index (χ1) is 15.9. The van der Waals surface area contributed by atoms with Crippen molar-refractivity contribution in [3.8, 4) is 0 Å². The van der Waals surface area contributed by atoms with Gasteiger partial charge in [-0.3, -0.25) is 0 Å². The fraction of sp³-hybridized carbons (Fsp3) is 0.455. The Kier molecular flexibility index (Phi) is 5.95. The van der Waals surface area contributed by atoms with Gasteiger partial charge in [0.25, 0.3) is 0 Å². The van der Waals surface area contributed by atoms with Crippen molar-refractivity contribution in [1.82, 2.24) is 18.9 Å². The Bertz CT molecular complexity index is 1250. The second-order valence-electron chi connectivity index (χ2n) is 8.65. The molecule has 5 rings (SSSR count). The Morgan fingerprint density at radius 3 is 2.64 bits per heavy atom.